The van der Waals surface area contributed by atoms with Crippen molar-refractivity contribution < 1.29 is 9.59 Å². The van der Waals surface area contributed by atoms with Crippen LogP contribution in [0.25, 0.3) is 0 Å². The minimum absolute atomic E-state index is 0.00676. The molecule has 28 heavy (non-hydrogen) atoms. The fourth-order valence-electron chi connectivity index (χ4n) is 3.33. The van der Waals surface area contributed by atoms with Gasteiger partial charge in [-0.15, -0.1) is 11.8 Å². The van der Waals surface area contributed by atoms with Crippen molar-refractivity contribution in [2.45, 2.75) is 45.9 Å². The van der Waals surface area contributed by atoms with Crippen molar-refractivity contribution in [2.24, 2.45) is 5.41 Å². The summed E-state index contributed by atoms with van der Waals surface area (Å²) in [4.78, 5) is 26.8. The molecule has 1 saturated heterocycles. The fourth-order valence-corrected chi connectivity index (χ4v) is 4.50. The second kappa shape index (κ2) is 8.39. The van der Waals surface area contributed by atoms with E-state index in [1.807, 2.05) is 62.1 Å². The van der Waals surface area contributed by atoms with Crippen LogP contribution >= 0.6 is 11.8 Å². The molecule has 0 spiro atoms. The van der Waals surface area contributed by atoms with Gasteiger partial charge in [-0.3, -0.25) is 14.5 Å². The van der Waals surface area contributed by atoms with Crippen LogP contribution in [0.5, 0.6) is 0 Å². The highest BCUT2D eigenvalue weighted by atomic mass is 32.2. The summed E-state index contributed by atoms with van der Waals surface area (Å²) < 4.78 is 0. The summed E-state index contributed by atoms with van der Waals surface area (Å²) in [5, 5.41) is 2.91. The first kappa shape index (κ1) is 20.5. The predicted octanol–water partition coefficient (Wildman–Crippen LogP) is 5.40. The van der Waals surface area contributed by atoms with Crippen LogP contribution in [0.2, 0.25) is 0 Å². The van der Waals surface area contributed by atoms with Gasteiger partial charge in [0.15, 0.2) is 0 Å². The van der Waals surface area contributed by atoms with E-state index in [4.69, 9.17) is 0 Å². The zero-order valence-electron chi connectivity index (χ0n) is 17.0. The summed E-state index contributed by atoms with van der Waals surface area (Å²) in [5.74, 6) is 0.583. The molecule has 2 amide bonds. The van der Waals surface area contributed by atoms with Crippen molar-refractivity contribution in [2.75, 3.05) is 16.0 Å². The van der Waals surface area contributed by atoms with E-state index in [1.54, 1.807) is 11.8 Å². The Morgan fingerprint density at radius 1 is 1.18 bits per heavy atom. The average molecular weight is 397 g/mol. The van der Waals surface area contributed by atoms with E-state index in [1.165, 1.54) is 5.56 Å². The maximum atomic E-state index is 12.6. The Morgan fingerprint density at radius 2 is 1.93 bits per heavy atom. The lowest BCUT2D eigenvalue weighted by atomic mass is 9.92. The van der Waals surface area contributed by atoms with Gasteiger partial charge in [0.05, 0.1) is 5.75 Å². The van der Waals surface area contributed by atoms with Crippen molar-refractivity contribution in [1.82, 2.24) is 0 Å². The van der Waals surface area contributed by atoms with E-state index in [9.17, 15) is 9.59 Å². The van der Waals surface area contributed by atoms with Gasteiger partial charge in [-0.1, -0.05) is 52.0 Å². The lowest BCUT2D eigenvalue weighted by molar-refractivity contribution is -0.118. The molecule has 0 aromatic heterocycles. The molecule has 0 radical (unpaired) electrons. The molecular formula is C23H28N2O2S. The second-order valence-corrected chi connectivity index (χ2v) is 9.43. The Hall–Kier alpha value is -2.27. The molecule has 0 aliphatic carbocycles. The van der Waals surface area contributed by atoms with E-state index in [0.717, 1.165) is 23.4 Å². The lowest BCUT2D eigenvalue weighted by Gasteiger charge is -2.25. The summed E-state index contributed by atoms with van der Waals surface area (Å²) in [6.45, 7) is 8.26. The quantitative estimate of drug-likeness (QED) is 0.736. The van der Waals surface area contributed by atoms with Gasteiger partial charge < -0.3 is 5.32 Å². The largest absolute Gasteiger partial charge is 0.326 e. The number of carbonyl (C=O) groups excluding carboxylic acids is 2. The summed E-state index contributed by atoms with van der Waals surface area (Å²) in [7, 11) is 0. The average Bonchev–Trinajstić information content (AvgIpc) is 3.02. The molecule has 148 valence electrons. The van der Waals surface area contributed by atoms with Crippen molar-refractivity contribution in [3.8, 4) is 0 Å². The minimum Gasteiger partial charge on any atom is -0.326 e. The van der Waals surface area contributed by atoms with Crippen LogP contribution in [0, 0.1) is 5.41 Å². The normalized spacial score (nSPS) is 17.1. The third kappa shape index (κ3) is 4.96. The van der Waals surface area contributed by atoms with Crippen LogP contribution in [0.15, 0.2) is 48.5 Å². The molecule has 1 fully saturated rings. The molecule has 5 heteroatoms. The SMILES string of the molecule is CCc1cccc(N2C(=O)CS[C@H]2c2cccc(NC(=O)CC(C)(C)C)c2)c1. The van der Waals surface area contributed by atoms with E-state index >= 15 is 0 Å². The molecule has 1 atom stereocenters. The van der Waals surface area contributed by atoms with Crippen LogP contribution in [0.1, 0.15) is 50.6 Å². The highest BCUT2D eigenvalue weighted by Crippen LogP contribution is 2.42. The summed E-state index contributed by atoms with van der Waals surface area (Å²) >= 11 is 1.62. The predicted molar refractivity (Wildman–Crippen MR) is 118 cm³/mol. The van der Waals surface area contributed by atoms with Crippen molar-refractivity contribution in [3.63, 3.8) is 0 Å². The van der Waals surface area contributed by atoms with Gasteiger partial charge in [-0.05, 0) is 47.2 Å². The zero-order valence-corrected chi connectivity index (χ0v) is 17.8. The number of anilines is 2. The van der Waals surface area contributed by atoms with Crippen molar-refractivity contribution in [3.05, 3.63) is 59.7 Å². The van der Waals surface area contributed by atoms with Crippen molar-refractivity contribution in [1.29, 1.82) is 0 Å². The van der Waals surface area contributed by atoms with Gasteiger partial charge in [0.2, 0.25) is 11.8 Å². The fraction of sp³-hybridized carbons (Fsp3) is 0.391. The molecule has 3 rings (SSSR count). The first-order valence-electron chi connectivity index (χ1n) is 9.69. The monoisotopic (exact) mass is 396 g/mol. The van der Waals surface area contributed by atoms with Gasteiger partial charge >= 0.3 is 0 Å². The van der Waals surface area contributed by atoms with E-state index in [0.29, 0.717) is 12.2 Å². The maximum absolute atomic E-state index is 12.6. The van der Waals surface area contributed by atoms with Gasteiger partial charge in [0.1, 0.15) is 5.37 Å². The molecule has 1 heterocycles. The number of rotatable bonds is 5. The number of nitrogens with one attached hydrogen (secondary N) is 1. The summed E-state index contributed by atoms with van der Waals surface area (Å²) in [5.41, 5.74) is 3.88. The zero-order chi connectivity index (χ0) is 20.3. The van der Waals surface area contributed by atoms with Crippen molar-refractivity contribution >= 4 is 35.0 Å². The van der Waals surface area contributed by atoms with Crippen LogP contribution in [-0.4, -0.2) is 17.6 Å². The standard InChI is InChI=1S/C23H28N2O2S/c1-5-16-8-6-11-19(12-16)25-21(27)15-28-22(25)17-9-7-10-18(13-17)24-20(26)14-23(2,3)4/h6-13,22H,5,14-15H2,1-4H3,(H,24,26)/t22-/m0/s1. The molecule has 4 nitrogen and oxygen atoms in total. The Bertz CT molecular complexity index is 873. The molecule has 0 saturated carbocycles. The Morgan fingerprint density at radius 3 is 2.64 bits per heavy atom. The Balaban J connectivity index is 1.83. The Kier molecular flexibility index (Phi) is 6.14. The molecule has 2 aromatic carbocycles. The molecule has 1 N–H and O–H groups in total. The number of nitrogens with zero attached hydrogens (tertiary/aromatic N) is 1. The maximum Gasteiger partial charge on any atom is 0.238 e. The van der Waals surface area contributed by atoms with Gasteiger partial charge in [-0.25, -0.2) is 0 Å². The van der Waals surface area contributed by atoms with Gasteiger partial charge in [0, 0.05) is 17.8 Å². The highest BCUT2D eigenvalue weighted by molar-refractivity contribution is 8.00. The summed E-state index contributed by atoms with van der Waals surface area (Å²) in [6, 6.07) is 16.0. The molecule has 1 aliphatic heterocycles. The smallest absolute Gasteiger partial charge is 0.238 e. The van der Waals surface area contributed by atoms with E-state index < -0.39 is 0 Å². The molecule has 1 aliphatic rings. The number of amides is 2. The van der Waals surface area contributed by atoms with Crippen LogP contribution in [0.3, 0.4) is 0 Å². The van der Waals surface area contributed by atoms with Crippen LogP contribution in [-0.2, 0) is 16.0 Å². The number of aryl methyl sites for hydroxylation is 1. The van der Waals surface area contributed by atoms with Crippen LogP contribution < -0.4 is 10.2 Å². The number of hydrogen-bond donors (Lipinski definition) is 1. The number of carbonyl (C=O) groups is 2. The van der Waals surface area contributed by atoms with E-state index in [2.05, 4.69) is 24.4 Å². The first-order chi connectivity index (χ1) is 13.3. The topological polar surface area (TPSA) is 49.4 Å². The first-order valence-corrected chi connectivity index (χ1v) is 10.7. The van der Waals surface area contributed by atoms with Crippen LogP contribution in [0.4, 0.5) is 11.4 Å². The minimum atomic E-state index is -0.0842. The molecule has 0 bridgehead atoms. The van der Waals surface area contributed by atoms with E-state index in [-0.39, 0.29) is 22.6 Å². The molecule has 0 unspecified atom stereocenters. The molecular weight excluding hydrogens is 368 g/mol. The Labute approximate surface area is 171 Å². The van der Waals surface area contributed by atoms with Gasteiger partial charge in [0.25, 0.3) is 0 Å². The lowest BCUT2D eigenvalue weighted by Crippen LogP contribution is -2.28. The third-order valence-corrected chi connectivity index (χ3v) is 5.82. The second-order valence-electron chi connectivity index (χ2n) is 8.36. The van der Waals surface area contributed by atoms with Gasteiger partial charge in [-0.2, -0.15) is 0 Å². The number of thioether (sulfide) groups is 1. The number of hydrogen-bond acceptors (Lipinski definition) is 3. The molecule has 2 aromatic rings. The highest BCUT2D eigenvalue weighted by Gasteiger charge is 2.34. The third-order valence-electron chi connectivity index (χ3n) is 4.61. The number of benzene rings is 2. The summed E-state index contributed by atoms with van der Waals surface area (Å²) in [6.07, 6.45) is 1.40.